The highest BCUT2D eigenvalue weighted by Crippen LogP contribution is 2.36. The summed E-state index contributed by atoms with van der Waals surface area (Å²) in [4.78, 5) is 24.0. The molecule has 27 heavy (non-hydrogen) atoms. The van der Waals surface area contributed by atoms with Gasteiger partial charge in [-0.3, -0.25) is 0 Å². The van der Waals surface area contributed by atoms with Crippen LogP contribution in [0.3, 0.4) is 0 Å². The van der Waals surface area contributed by atoms with Crippen LogP contribution in [-0.2, 0) is 19.1 Å². The van der Waals surface area contributed by atoms with Gasteiger partial charge in [0.2, 0.25) is 0 Å². The highest BCUT2D eigenvalue weighted by molar-refractivity contribution is 6.15. The second kappa shape index (κ2) is 6.79. The molecule has 1 N–H and O–H groups in total. The van der Waals surface area contributed by atoms with Crippen LogP contribution in [0, 0.1) is 13.8 Å². The molecule has 0 bridgehead atoms. The number of cyclic esters (lactones) is 2. The molecule has 0 saturated carbocycles. The van der Waals surface area contributed by atoms with Gasteiger partial charge in [-0.25, -0.2) is 9.59 Å². The lowest BCUT2D eigenvalue weighted by Crippen LogP contribution is -2.42. The van der Waals surface area contributed by atoms with Crippen molar-refractivity contribution in [3.05, 3.63) is 41.4 Å². The lowest BCUT2D eigenvalue weighted by Gasteiger charge is -2.29. The number of hydrogen-bond acceptors (Lipinski definition) is 8. The third kappa shape index (κ3) is 3.64. The Bertz CT molecular complexity index is 900. The van der Waals surface area contributed by atoms with E-state index in [9.17, 15) is 9.59 Å². The molecule has 2 heterocycles. The molecule has 142 valence electrons. The minimum atomic E-state index is -1.28. The van der Waals surface area contributed by atoms with E-state index in [-0.39, 0.29) is 5.57 Å². The van der Waals surface area contributed by atoms with Crippen molar-refractivity contribution in [2.75, 3.05) is 12.4 Å². The third-order valence-electron chi connectivity index (χ3n) is 4.00. The topological polar surface area (TPSA) is 99.9 Å². The third-order valence-corrected chi connectivity index (χ3v) is 4.00. The van der Waals surface area contributed by atoms with E-state index in [4.69, 9.17) is 18.7 Å². The van der Waals surface area contributed by atoms with Crippen molar-refractivity contribution in [3.63, 3.8) is 0 Å². The summed E-state index contributed by atoms with van der Waals surface area (Å²) in [6, 6.07) is 5.33. The smallest absolute Gasteiger partial charge is 0.350 e. The molecule has 1 fully saturated rings. The van der Waals surface area contributed by atoms with Gasteiger partial charge in [-0.05, 0) is 32.0 Å². The van der Waals surface area contributed by atoms with E-state index in [2.05, 4.69) is 10.5 Å². The van der Waals surface area contributed by atoms with Crippen LogP contribution < -0.4 is 10.1 Å². The first-order valence-electron chi connectivity index (χ1n) is 8.26. The Morgan fingerprint density at radius 2 is 1.81 bits per heavy atom. The second-order valence-corrected chi connectivity index (χ2v) is 6.50. The summed E-state index contributed by atoms with van der Waals surface area (Å²) in [5, 5.41) is 6.89. The largest absolute Gasteiger partial charge is 0.496 e. The van der Waals surface area contributed by atoms with E-state index in [0.717, 1.165) is 16.8 Å². The molecule has 1 saturated heterocycles. The summed E-state index contributed by atoms with van der Waals surface area (Å²) in [6.07, 6.45) is 1.26. The van der Waals surface area contributed by atoms with E-state index in [0.29, 0.717) is 17.2 Å². The maximum Gasteiger partial charge on any atom is 0.350 e. The van der Waals surface area contributed by atoms with E-state index < -0.39 is 17.7 Å². The SMILES string of the molecule is COc1ccc(NC=C2C(=O)OC(C)(C)OC2=O)cc1-c1c(C)noc1C. The van der Waals surface area contributed by atoms with Crippen molar-refractivity contribution in [1.29, 1.82) is 0 Å². The Hall–Kier alpha value is -3.29. The maximum absolute atomic E-state index is 12.0. The zero-order valence-corrected chi connectivity index (χ0v) is 15.7. The van der Waals surface area contributed by atoms with Crippen molar-refractivity contribution in [2.24, 2.45) is 0 Å². The number of carbonyl (C=O) groups excluding carboxylic acids is 2. The standard InChI is InChI=1S/C19H20N2O6/c1-10-16(11(2)27-21-10)13-8-12(6-7-15(13)24-5)20-9-14-17(22)25-19(3,4)26-18(14)23/h6-9,20H,1-5H3. The van der Waals surface area contributed by atoms with Crippen LogP contribution in [0.5, 0.6) is 5.75 Å². The van der Waals surface area contributed by atoms with Crippen molar-refractivity contribution >= 4 is 17.6 Å². The molecule has 0 amide bonds. The first-order chi connectivity index (χ1) is 12.7. The second-order valence-electron chi connectivity index (χ2n) is 6.50. The molecule has 2 aromatic rings. The molecule has 1 aromatic heterocycles. The van der Waals surface area contributed by atoms with Gasteiger partial charge in [0.15, 0.2) is 5.57 Å². The molecule has 1 aliphatic heterocycles. The number of anilines is 1. The molecule has 0 atom stereocenters. The van der Waals surface area contributed by atoms with Gasteiger partial charge in [0, 0.05) is 31.3 Å². The zero-order valence-electron chi connectivity index (χ0n) is 15.7. The van der Waals surface area contributed by atoms with Gasteiger partial charge in [0.25, 0.3) is 5.79 Å². The van der Waals surface area contributed by atoms with Crippen LogP contribution in [0.15, 0.2) is 34.5 Å². The van der Waals surface area contributed by atoms with E-state index in [1.165, 1.54) is 20.0 Å². The number of aryl methyl sites for hydroxylation is 2. The Labute approximate surface area is 156 Å². The van der Waals surface area contributed by atoms with Crippen LogP contribution in [0.2, 0.25) is 0 Å². The number of nitrogens with one attached hydrogen (secondary N) is 1. The lowest BCUT2D eigenvalue weighted by atomic mass is 10.0. The van der Waals surface area contributed by atoms with Gasteiger partial charge in [-0.15, -0.1) is 0 Å². The first-order valence-corrected chi connectivity index (χ1v) is 8.26. The Morgan fingerprint density at radius 1 is 1.15 bits per heavy atom. The number of aromatic nitrogens is 1. The predicted molar refractivity (Wildman–Crippen MR) is 95.9 cm³/mol. The summed E-state index contributed by atoms with van der Waals surface area (Å²) < 4.78 is 20.8. The molecule has 8 nitrogen and oxygen atoms in total. The number of nitrogens with zero attached hydrogens (tertiary/aromatic N) is 1. The molecular formula is C19H20N2O6. The Morgan fingerprint density at radius 3 is 2.37 bits per heavy atom. The van der Waals surface area contributed by atoms with Gasteiger partial charge in [0.1, 0.15) is 11.5 Å². The van der Waals surface area contributed by atoms with Crippen molar-refractivity contribution in [1.82, 2.24) is 5.16 Å². The van der Waals surface area contributed by atoms with Gasteiger partial charge in [-0.1, -0.05) is 5.16 Å². The molecule has 1 aliphatic rings. The molecule has 8 heteroatoms. The van der Waals surface area contributed by atoms with Gasteiger partial charge >= 0.3 is 11.9 Å². The molecule has 1 aromatic carbocycles. The Balaban J connectivity index is 1.92. The lowest BCUT2D eigenvalue weighted by molar-refractivity contribution is -0.222. The zero-order chi connectivity index (χ0) is 19.8. The fourth-order valence-corrected chi connectivity index (χ4v) is 2.79. The van der Waals surface area contributed by atoms with E-state index in [1.807, 2.05) is 19.9 Å². The van der Waals surface area contributed by atoms with E-state index in [1.54, 1.807) is 19.2 Å². The van der Waals surface area contributed by atoms with Crippen LogP contribution in [0.1, 0.15) is 25.3 Å². The van der Waals surface area contributed by atoms with Crippen LogP contribution in [-0.4, -0.2) is 30.0 Å². The molecular weight excluding hydrogens is 352 g/mol. The van der Waals surface area contributed by atoms with Gasteiger partial charge in [-0.2, -0.15) is 0 Å². The average molecular weight is 372 g/mol. The van der Waals surface area contributed by atoms with Crippen LogP contribution in [0.4, 0.5) is 5.69 Å². The number of methoxy groups -OCH3 is 1. The summed E-state index contributed by atoms with van der Waals surface area (Å²) in [5.74, 6) is -1.47. The summed E-state index contributed by atoms with van der Waals surface area (Å²) in [5.41, 5.74) is 2.73. The maximum atomic E-state index is 12.0. The van der Waals surface area contributed by atoms with Crippen molar-refractivity contribution < 1.29 is 28.3 Å². The minimum absolute atomic E-state index is 0.218. The average Bonchev–Trinajstić information content (AvgIpc) is 2.91. The van der Waals surface area contributed by atoms with Gasteiger partial charge in [0.05, 0.1) is 18.4 Å². The highest BCUT2D eigenvalue weighted by atomic mass is 16.7. The minimum Gasteiger partial charge on any atom is -0.496 e. The highest BCUT2D eigenvalue weighted by Gasteiger charge is 2.38. The fourth-order valence-electron chi connectivity index (χ4n) is 2.79. The Kier molecular flexibility index (Phi) is 4.65. The quantitative estimate of drug-likeness (QED) is 0.496. The van der Waals surface area contributed by atoms with Crippen LogP contribution in [0.25, 0.3) is 11.1 Å². The normalized spacial score (nSPS) is 15.8. The summed E-state index contributed by atoms with van der Waals surface area (Å²) >= 11 is 0. The first kappa shape index (κ1) is 18.5. The monoisotopic (exact) mass is 372 g/mol. The number of ether oxygens (including phenoxy) is 3. The number of esters is 2. The molecule has 0 aliphatic carbocycles. The summed E-state index contributed by atoms with van der Waals surface area (Å²) in [7, 11) is 1.57. The van der Waals surface area contributed by atoms with Crippen LogP contribution >= 0.6 is 0 Å². The van der Waals surface area contributed by atoms with Gasteiger partial charge < -0.3 is 24.1 Å². The number of carbonyl (C=O) groups is 2. The van der Waals surface area contributed by atoms with Crippen molar-refractivity contribution in [2.45, 2.75) is 33.5 Å². The molecule has 0 unspecified atom stereocenters. The number of hydrogen-bond donors (Lipinski definition) is 1. The van der Waals surface area contributed by atoms with Crippen molar-refractivity contribution in [3.8, 4) is 16.9 Å². The predicted octanol–water partition coefficient (Wildman–Crippen LogP) is 3.10. The molecule has 0 spiro atoms. The molecule has 0 radical (unpaired) electrons. The number of benzene rings is 1. The van der Waals surface area contributed by atoms with E-state index >= 15 is 0 Å². The summed E-state index contributed by atoms with van der Waals surface area (Å²) in [6.45, 7) is 6.63. The molecule has 3 rings (SSSR count). The fraction of sp³-hybridized carbons (Fsp3) is 0.316. The number of rotatable bonds is 4.